The Morgan fingerprint density at radius 2 is 1.85 bits per heavy atom. The van der Waals surface area contributed by atoms with E-state index in [4.69, 9.17) is 9.15 Å². The molecule has 0 radical (unpaired) electrons. The largest absolute Gasteiger partial charge is 0.450 e. The van der Waals surface area contributed by atoms with Crippen molar-refractivity contribution in [3.8, 4) is 0 Å². The van der Waals surface area contributed by atoms with Crippen molar-refractivity contribution in [3.63, 3.8) is 0 Å². The zero-order valence-corrected chi connectivity index (χ0v) is 15.3. The number of carbonyl (C=O) groups excluding carboxylic acids is 2. The number of aryl methyl sites for hydroxylation is 2. The Morgan fingerprint density at radius 1 is 1.07 bits per heavy atom. The van der Waals surface area contributed by atoms with Crippen LogP contribution < -0.4 is 10.7 Å². The third-order valence-corrected chi connectivity index (χ3v) is 4.30. The van der Waals surface area contributed by atoms with Crippen LogP contribution in [0.1, 0.15) is 27.2 Å². The Kier molecular flexibility index (Phi) is 5.07. The summed E-state index contributed by atoms with van der Waals surface area (Å²) in [6.07, 6.45) is 0. The maximum atomic E-state index is 12.2. The first-order chi connectivity index (χ1) is 12.8. The summed E-state index contributed by atoms with van der Waals surface area (Å²) in [5.41, 5.74) is 3.49. The molecule has 3 aromatic rings. The lowest BCUT2D eigenvalue weighted by molar-refractivity contribution is -0.119. The van der Waals surface area contributed by atoms with E-state index in [1.165, 1.54) is 0 Å². The Hall–Kier alpha value is -3.41. The van der Waals surface area contributed by atoms with E-state index >= 15 is 0 Å². The Morgan fingerprint density at radius 3 is 2.63 bits per heavy atom. The SMILES string of the molecule is Cc1ccc2oc(C(=O)OCC(=O)Nc3cccc(C)c3C)cc(=O)c2c1. The maximum Gasteiger partial charge on any atom is 0.374 e. The average molecular weight is 365 g/mol. The van der Waals surface area contributed by atoms with Crippen LogP contribution in [0.5, 0.6) is 0 Å². The minimum Gasteiger partial charge on any atom is -0.450 e. The van der Waals surface area contributed by atoms with Gasteiger partial charge in [0.25, 0.3) is 5.91 Å². The van der Waals surface area contributed by atoms with Crippen molar-refractivity contribution in [1.29, 1.82) is 0 Å². The summed E-state index contributed by atoms with van der Waals surface area (Å²) >= 11 is 0. The molecule has 0 unspecified atom stereocenters. The van der Waals surface area contributed by atoms with Gasteiger partial charge in [-0.1, -0.05) is 23.8 Å². The van der Waals surface area contributed by atoms with Gasteiger partial charge in [0.05, 0.1) is 5.39 Å². The molecule has 1 heterocycles. The number of amides is 1. The van der Waals surface area contributed by atoms with Crippen molar-refractivity contribution >= 4 is 28.5 Å². The fraction of sp³-hybridized carbons (Fsp3) is 0.190. The summed E-state index contributed by atoms with van der Waals surface area (Å²) in [6, 6.07) is 11.7. The smallest absolute Gasteiger partial charge is 0.374 e. The molecule has 0 spiro atoms. The van der Waals surface area contributed by atoms with Crippen LogP contribution in [0.25, 0.3) is 11.0 Å². The molecule has 1 N–H and O–H groups in total. The average Bonchev–Trinajstić information content (AvgIpc) is 2.64. The molecule has 0 atom stereocenters. The molecule has 0 aliphatic carbocycles. The molecule has 6 nitrogen and oxygen atoms in total. The number of fused-ring (bicyclic) bond motifs is 1. The summed E-state index contributed by atoms with van der Waals surface area (Å²) in [5, 5.41) is 3.08. The summed E-state index contributed by atoms with van der Waals surface area (Å²) in [4.78, 5) is 36.4. The summed E-state index contributed by atoms with van der Waals surface area (Å²) < 4.78 is 10.4. The molecule has 0 fully saturated rings. The number of nitrogens with one attached hydrogen (secondary N) is 1. The van der Waals surface area contributed by atoms with Gasteiger partial charge in [-0.25, -0.2) is 4.79 Å². The van der Waals surface area contributed by atoms with Gasteiger partial charge in [0.1, 0.15) is 5.58 Å². The first-order valence-electron chi connectivity index (χ1n) is 8.43. The first kappa shape index (κ1) is 18.4. The van der Waals surface area contributed by atoms with Gasteiger partial charge in [-0.2, -0.15) is 0 Å². The molecule has 6 heteroatoms. The molecule has 0 saturated carbocycles. The second-order valence-corrected chi connectivity index (χ2v) is 6.35. The molecule has 0 bridgehead atoms. The number of hydrogen-bond donors (Lipinski definition) is 1. The lowest BCUT2D eigenvalue weighted by Crippen LogP contribution is -2.22. The topological polar surface area (TPSA) is 85.6 Å². The number of ether oxygens (including phenoxy) is 1. The second-order valence-electron chi connectivity index (χ2n) is 6.35. The number of anilines is 1. The number of rotatable bonds is 4. The molecule has 3 rings (SSSR count). The predicted molar refractivity (Wildman–Crippen MR) is 102 cm³/mol. The van der Waals surface area contributed by atoms with Gasteiger partial charge in [0.2, 0.25) is 5.76 Å². The first-order valence-corrected chi connectivity index (χ1v) is 8.43. The van der Waals surface area contributed by atoms with Crippen molar-refractivity contribution in [2.24, 2.45) is 0 Å². The molecule has 0 aliphatic rings. The molecular weight excluding hydrogens is 346 g/mol. The van der Waals surface area contributed by atoms with Crippen LogP contribution in [0, 0.1) is 20.8 Å². The number of esters is 1. The normalized spacial score (nSPS) is 10.6. The maximum absolute atomic E-state index is 12.2. The van der Waals surface area contributed by atoms with Crippen LogP contribution in [-0.2, 0) is 9.53 Å². The molecule has 2 aromatic carbocycles. The van der Waals surface area contributed by atoms with E-state index in [1.54, 1.807) is 24.3 Å². The van der Waals surface area contributed by atoms with Crippen molar-refractivity contribution < 1.29 is 18.7 Å². The minimum absolute atomic E-state index is 0.240. The molecule has 1 amide bonds. The van der Waals surface area contributed by atoms with Crippen molar-refractivity contribution in [1.82, 2.24) is 0 Å². The van der Waals surface area contributed by atoms with Crippen LogP contribution in [-0.4, -0.2) is 18.5 Å². The lowest BCUT2D eigenvalue weighted by atomic mass is 10.1. The Labute approximate surface area is 155 Å². The van der Waals surface area contributed by atoms with Gasteiger partial charge >= 0.3 is 5.97 Å². The number of benzene rings is 2. The standard InChI is InChI=1S/C21H19NO5/c1-12-7-8-18-15(9-12)17(23)10-19(27-18)21(25)26-11-20(24)22-16-6-4-5-13(2)14(16)3/h4-10H,11H2,1-3H3,(H,22,24). The van der Waals surface area contributed by atoms with Crippen molar-refractivity contribution in [2.75, 3.05) is 11.9 Å². The molecule has 1 aromatic heterocycles. The van der Waals surface area contributed by atoms with E-state index in [0.29, 0.717) is 16.7 Å². The minimum atomic E-state index is -0.870. The van der Waals surface area contributed by atoms with E-state index in [2.05, 4.69) is 5.32 Å². The molecule has 0 saturated heterocycles. The van der Waals surface area contributed by atoms with Crippen LogP contribution in [0.4, 0.5) is 5.69 Å². The van der Waals surface area contributed by atoms with Crippen molar-refractivity contribution in [2.45, 2.75) is 20.8 Å². The number of carbonyl (C=O) groups is 2. The number of hydrogen-bond acceptors (Lipinski definition) is 5. The third-order valence-electron chi connectivity index (χ3n) is 4.30. The van der Waals surface area contributed by atoms with Gasteiger partial charge < -0.3 is 14.5 Å². The zero-order chi connectivity index (χ0) is 19.6. The fourth-order valence-corrected chi connectivity index (χ4v) is 2.65. The summed E-state index contributed by atoms with van der Waals surface area (Å²) in [6.45, 7) is 5.20. The van der Waals surface area contributed by atoms with Gasteiger partial charge in [0.15, 0.2) is 12.0 Å². The zero-order valence-electron chi connectivity index (χ0n) is 15.3. The molecule has 27 heavy (non-hydrogen) atoms. The Bertz CT molecular complexity index is 1100. The molecule has 138 valence electrons. The molecular formula is C21H19NO5. The second kappa shape index (κ2) is 7.45. The summed E-state index contributed by atoms with van der Waals surface area (Å²) in [5.74, 6) is -1.59. The van der Waals surface area contributed by atoms with Gasteiger partial charge in [0, 0.05) is 11.8 Å². The van der Waals surface area contributed by atoms with Crippen LogP contribution in [0.3, 0.4) is 0 Å². The van der Waals surface area contributed by atoms with Crippen molar-refractivity contribution in [3.05, 3.63) is 75.1 Å². The quantitative estimate of drug-likeness (QED) is 0.715. The highest BCUT2D eigenvalue weighted by Crippen LogP contribution is 2.18. The monoisotopic (exact) mass is 365 g/mol. The highest BCUT2D eigenvalue weighted by Gasteiger charge is 2.16. The fourth-order valence-electron chi connectivity index (χ4n) is 2.65. The van der Waals surface area contributed by atoms with E-state index in [9.17, 15) is 14.4 Å². The van der Waals surface area contributed by atoms with E-state index < -0.39 is 18.5 Å². The van der Waals surface area contributed by atoms with Crippen LogP contribution in [0.2, 0.25) is 0 Å². The van der Waals surface area contributed by atoms with E-state index in [0.717, 1.165) is 22.8 Å². The third kappa shape index (κ3) is 4.06. The Balaban J connectivity index is 1.69. The van der Waals surface area contributed by atoms with Crippen LogP contribution >= 0.6 is 0 Å². The summed E-state index contributed by atoms with van der Waals surface area (Å²) in [7, 11) is 0. The van der Waals surface area contributed by atoms with E-state index in [-0.39, 0.29) is 11.2 Å². The van der Waals surface area contributed by atoms with E-state index in [1.807, 2.05) is 32.9 Å². The lowest BCUT2D eigenvalue weighted by Gasteiger charge is -2.10. The molecule has 0 aliphatic heterocycles. The predicted octanol–water partition coefficient (Wildman–Crippen LogP) is 3.51. The highest BCUT2D eigenvalue weighted by atomic mass is 16.5. The van der Waals surface area contributed by atoms with Crippen LogP contribution in [0.15, 0.2) is 51.7 Å². The van der Waals surface area contributed by atoms with Gasteiger partial charge in [-0.05, 0) is 50.1 Å². The van der Waals surface area contributed by atoms with Gasteiger partial charge in [-0.3, -0.25) is 9.59 Å². The highest BCUT2D eigenvalue weighted by molar-refractivity contribution is 5.95. The van der Waals surface area contributed by atoms with Gasteiger partial charge in [-0.15, -0.1) is 0 Å².